The molecule has 1 saturated heterocycles. The Balaban J connectivity index is 1.60. The quantitative estimate of drug-likeness (QED) is 0.656. The number of benzene rings is 2. The fourth-order valence-corrected chi connectivity index (χ4v) is 3.27. The average Bonchev–Trinajstić information content (AvgIpc) is 2.98. The van der Waals surface area contributed by atoms with Crippen molar-refractivity contribution in [2.45, 2.75) is 12.5 Å². The largest absolute Gasteiger partial charge is 0.497 e. The number of urea groups is 1. The number of anilines is 1. The summed E-state index contributed by atoms with van der Waals surface area (Å²) in [4.78, 5) is 52.2. The standard InChI is InChI=1S/C22H24N4O5/c1-22(15-8-5-4-6-9-15)20(29)26(21(30)24-22)14-19(28)25(2)13-18(27)23-16-10-7-11-17(12-16)31-3/h4-12H,13-14H2,1-3H3,(H,23,27)(H,24,30)/t22-/m1/s1. The van der Waals surface area contributed by atoms with Crippen molar-refractivity contribution in [3.63, 3.8) is 0 Å². The maximum atomic E-state index is 12.9. The second-order valence-electron chi connectivity index (χ2n) is 7.34. The first-order valence-corrected chi connectivity index (χ1v) is 9.62. The highest BCUT2D eigenvalue weighted by atomic mass is 16.5. The van der Waals surface area contributed by atoms with Gasteiger partial charge < -0.3 is 20.3 Å². The van der Waals surface area contributed by atoms with Crippen molar-refractivity contribution in [2.75, 3.05) is 32.6 Å². The molecule has 0 unspecified atom stereocenters. The van der Waals surface area contributed by atoms with E-state index in [9.17, 15) is 19.2 Å². The molecule has 1 aliphatic rings. The summed E-state index contributed by atoms with van der Waals surface area (Å²) in [5.41, 5.74) is -0.103. The normalized spacial score (nSPS) is 17.8. The van der Waals surface area contributed by atoms with Gasteiger partial charge in [0.1, 0.15) is 17.8 Å². The third-order valence-electron chi connectivity index (χ3n) is 5.08. The molecule has 2 aromatic rings. The summed E-state index contributed by atoms with van der Waals surface area (Å²) >= 11 is 0. The molecule has 0 spiro atoms. The Morgan fingerprint density at radius 2 is 1.84 bits per heavy atom. The second-order valence-corrected chi connectivity index (χ2v) is 7.34. The number of methoxy groups -OCH3 is 1. The second kappa shape index (κ2) is 8.86. The monoisotopic (exact) mass is 424 g/mol. The summed E-state index contributed by atoms with van der Waals surface area (Å²) in [7, 11) is 2.95. The van der Waals surface area contributed by atoms with E-state index in [0.29, 0.717) is 17.0 Å². The van der Waals surface area contributed by atoms with E-state index in [1.165, 1.54) is 14.2 Å². The maximum absolute atomic E-state index is 12.9. The molecule has 0 radical (unpaired) electrons. The van der Waals surface area contributed by atoms with Crippen LogP contribution in [0.5, 0.6) is 5.75 Å². The van der Waals surface area contributed by atoms with Crippen molar-refractivity contribution >= 4 is 29.4 Å². The van der Waals surface area contributed by atoms with E-state index < -0.39 is 35.8 Å². The van der Waals surface area contributed by atoms with Crippen molar-refractivity contribution in [1.29, 1.82) is 0 Å². The molecule has 1 aliphatic heterocycles. The number of carbonyl (C=O) groups excluding carboxylic acids is 4. The van der Waals surface area contributed by atoms with Crippen LogP contribution in [0, 0.1) is 0 Å². The number of imide groups is 1. The van der Waals surface area contributed by atoms with Gasteiger partial charge in [0.25, 0.3) is 5.91 Å². The van der Waals surface area contributed by atoms with Crippen LogP contribution in [0.15, 0.2) is 54.6 Å². The van der Waals surface area contributed by atoms with Crippen molar-refractivity contribution in [3.8, 4) is 5.75 Å². The van der Waals surface area contributed by atoms with Crippen molar-refractivity contribution in [1.82, 2.24) is 15.1 Å². The molecule has 3 rings (SSSR count). The molecule has 0 aliphatic carbocycles. The topological polar surface area (TPSA) is 108 Å². The molecule has 9 heteroatoms. The third-order valence-corrected chi connectivity index (χ3v) is 5.08. The lowest BCUT2D eigenvalue weighted by Gasteiger charge is -2.23. The summed E-state index contributed by atoms with van der Waals surface area (Å²) in [6, 6.07) is 15.0. The minimum atomic E-state index is -1.25. The third kappa shape index (κ3) is 4.66. The minimum Gasteiger partial charge on any atom is -0.497 e. The van der Waals surface area contributed by atoms with Gasteiger partial charge in [-0.3, -0.25) is 19.3 Å². The highest BCUT2D eigenvalue weighted by Gasteiger charge is 2.49. The first kappa shape index (κ1) is 21.8. The van der Waals surface area contributed by atoms with E-state index in [1.54, 1.807) is 61.5 Å². The summed E-state index contributed by atoms with van der Waals surface area (Å²) in [5, 5.41) is 5.33. The van der Waals surface area contributed by atoms with E-state index >= 15 is 0 Å². The zero-order valence-corrected chi connectivity index (χ0v) is 17.5. The molecule has 0 saturated carbocycles. The predicted molar refractivity (Wildman–Crippen MR) is 113 cm³/mol. The number of nitrogens with one attached hydrogen (secondary N) is 2. The van der Waals surface area contributed by atoms with Crippen LogP contribution in [-0.2, 0) is 19.9 Å². The van der Waals surface area contributed by atoms with E-state index in [1.807, 2.05) is 0 Å². The lowest BCUT2D eigenvalue weighted by molar-refractivity contribution is -0.139. The molecule has 2 aromatic carbocycles. The fourth-order valence-electron chi connectivity index (χ4n) is 3.27. The van der Waals surface area contributed by atoms with Crippen molar-refractivity contribution in [3.05, 3.63) is 60.2 Å². The lowest BCUT2D eigenvalue weighted by Crippen LogP contribution is -2.45. The van der Waals surface area contributed by atoms with E-state index in [4.69, 9.17) is 4.74 Å². The Labute approximate surface area is 180 Å². The molecule has 0 aromatic heterocycles. The number of hydrogen-bond donors (Lipinski definition) is 2. The predicted octanol–water partition coefficient (Wildman–Crippen LogP) is 1.56. The van der Waals surface area contributed by atoms with Gasteiger partial charge in [-0.15, -0.1) is 0 Å². The van der Waals surface area contributed by atoms with E-state index in [2.05, 4.69) is 10.6 Å². The zero-order valence-electron chi connectivity index (χ0n) is 17.5. The first-order valence-electron chi connectivity index (χ1n) is 9.62. The lowest BCUT2D eigenvalue weighted by atomic mass is 9.92. The number of rotatable bonds is 7. The Hall–Kier alpha value is -3.88. The van der Waals surface area contributed by atoms with Crippen LogP contribution < -0.4 is 15.4 Å². The molecule has 1 atom stereocenters. The van der Waals surface area contributed by atoms with Crippen LogP contribution in [0.4, 0.5) is 10.5 Å². The van der Waals surface area contributed by atoms with Crippen molar-refractivity contribution < 1.29 is 23.9 Å². The Bertz CT molecular complexity index is 1010. The molecule has 162 valence electrons. The summed E-state index contributed by atoms with van der Waals surface area (Å²) in [5.74, 6) is -0.898. The van der Waals surface area contributed by atoms with Gasteiger partial charge in [0.05, 0.1) is 13.7 Å². The van der Waals surface area contributed by atoms with Gasteiger partial charge >= 0.3 is 6.03 Å². The number of hydrogen-bond acceptors (Lipinski definition) is 5. The van der Waals surface area contributed by atoms with Gasteiger partial charge in [-0.25, -0.2) is 4.79 Å². The number of ether oxygens (including phenoxy) is 1. The first-order chi connectivity index (χ1) is 14.7. The van der Waals surface area contributed by atoms with Crippen LogP contribution in [0.25, 0.3) is 0 Å². The van der Waals surface area contributed by atoms with Gasteiger partial charge in [-0.1, -0.05) is 36.4 Å². The fraction of sp³-hybridized carbons (Fsp3) is 0.273. The number of likely N-dealkylation sites (N-methyl/N-ethyl adjacent to an activating group) is 1. The van der Waals surface area contributed by atoms with Gasteiger partial charge in [0.2, 0.25) is 11.8 Å². The van der Waals surface area contributed by atoms with Crippen LogP contribution in [-0.4, -0.2) is 60.8 Å². The molecule has 5 amide bonds. The number of amides is 5. The molecule has 0 bridgehead atoms. The molecular formula is C22H24N4O5. The Morgan fingerprint density at radius 1 is 1.13 bits per heavy atom. The molecule has 31 heavy (non-hydrogen) atoms. The molecule has 9 nitrogen and oxygen atoms in total. The summed E-state index contributed by atoms with van der Waals surface area (Å²) in [6.45, 7) is 0.893. The van der Waals surface area contributed by atoms with Crippen molar-refractivity contribution in [2.24, 2.45) is 0 Å². The van der Waals surface area contributed by atoms with Crippen LogP contribution >= 0.6 is 0 Å². The molecule has 2 N–H and O–H groups in total. The minimum absolute atomic E-state index is 0.240. The number of carbonyl (C=O) groups is 4. The highest BCUT2D eigenvalue weighted by molar-refractivity contribution is 6.09. The zero-order chi connectivity index (χ0) is 22.6. The van der Waals surface area contributed by atoms with Gasteiger partial charge in [0.15, 0.2) is 0 Å². The Morgan fingerprint density at radius 3 is 2.52 bits per heavy atom. The SMILES string of the molecule is COc1cccc(NC(=O)CN(C)C(=O)CN2C(=O)N[C@](C)(c3ccccc3)C2=O)c1. The van der Waals surface area contributed by atoms with Gasteiger partial charge in [-0.05, 0) is 24.6 Å². The van der Waals surface area contributed by atoms with Gasteiger partial charge in [-0.2, -0.15) is 0 Å². The highest BCUT2D eigenvalue weighted by Crippen LogP contribution is 2.28. The van der Waals surface area contributed by atoms with Crippen LogP contribution in [0.2, 0.25) is 0 Å². The van der Waals surface area contributed by atoms with E-state index in [0.717, 1.165) is 9.80 Å². The summed E-state index contributed by atoms with van der Waals surface area (Å²) in [6.07, 6.45) is 0. The summed E-state index contributed by atoms with van der Waals surface area (Å²) < 4.78 is 5.11. The van der Waals surface area contributed by atoms with Crippen LogP contribution in [0.1, 0.15) is 12.5 Å². The molecule has 1 heterocycles. The molecular weight excluding hydrogens is 400 g/mol. The van der Waals surface area contributed by atoms with E-state index in [-0.39, 0.29) is 6.54 Å². The van der Waals surface area contributed by atoms with Crippen LogP contribution in [0.3, 0.4) is 0 Å². The smallest absolute Gasteiger partial charge is 0.325 e. The Kier molecular flexibility index (Phi) is 6.24. The average molecular weight is 424 g/mol. The number of nitrogens with zero attached hydrogens (tertiary/aromatic N) is 2. The molecule has 1 fully saturated rings. The van der Waals surface area contributed by atoms with Gasteiger partial charge in [0, 0.05) is 18.8 Å². The maximum Gasteiger partial charge on any atom is 0.325 e.